The van der Waals surface area contributed by atoms with Crippen LogP contribution in [0.25, 0.3) is 44.9 Å². The summed E-state index contributed by atoms with van der Waals surface area (Å²) < 4.78 is 6.02. The number of H-pyrrole nitrogens is 1. The summed E-state index contributed by atoms with van der Waals surface area (Å²) in [4.78, 5) is 24.8. The molecule has 2 N–H and O–H groups in total. The minimum Gasteiger partial charge on any atom is -0.411 e. The van der Waals surface area contributed by atoms with E-state index in [0.29, 0.717) is 21.8 Å². The molecule has 1 unspecified atom stereocenters. The number of hydrogen-bond acceptors (Lipinski definition) is 7. The van der Waals surface area contributed by atoms with Gasteiger partial charge in [0, 0.05) is 21.7 Å². The third-order valence-electron chi connectivity index (χ3n) is 6.10. The van der Waals surface area contributed by atoms with Crippen molar-refractivity contribution in [2.24, 2.45) is 0 Å². The van der Waals surface area contributed by atoms with Gasteiger partial charge in [0.2, 0.25) is 11.8 Å². The van der Waals surface area contributed by atoms with Crippen molar-refractivity contribution >= 4 is 45.9 Å². The maximum Gasteiger partial charge on any atom is 0.277 e. The number of pyridine rings is 1. The van der Waals surface area contributed by atoms with Crippen LogP contribution in [0.3, 0.4) is 0 Å². The third-order valence-corrected chi connectivity index (χ3v) is 7.29. The van der Waals surface area contributed by atoms with Crippen LogP contribution in [0, 0.1) is 0 Å². The van der Waals surface area contributed by atoms with Gasteiger partial charge in [-0.05, 0) is 48.9 Å². The van der Waals surface area contributed by atoms with Crippen molar-refractivity contribution in [3.05, 3.63) is 96.4 Å². The van der Waals surface area contributed by atoms with E-state index in [0.717, 1.165) is 39.0 Å². The summed E-state index contributed by atoms with van der Waals surface area (Å²) in [7, 11) is 0. The zero-order chi connectivity index (χ0) is 26.8. The van der Waals surface area contributed by atoms with Crippen molar-refractivity contribution < 1.29 is 9.21 Å². The number of nitrogens with zero attached hydrogens (tertiary/aromatic N) is 4. The lowest BCUT2D eigenvalue weighted by Crippen LogP contribution is -2.22. The molecule has 3 aromatic heterocycles. The van der Waals surface area contributed by atoms with Crippen LogP contribution in [-0.4, -0.2) is 36.3 Å². The zero-order valence-corrected chi connectivity index (χ0v) is 22.2. The molecule has 0 aliphatic heterocycles. The minimum absolute atomic E-state index is 0.173. The summed E-state index contributed by atoms with van der Waals surface area (Å²) in [6.07, 6.45) is 3.38. The average molecular weight is 553 g/mol. The molecular formula is C29H21ClN6O2S. The average Bonchev–Trinajstić information content (AvgIpc) is 3.66. The van der Waals surface area contributed by atoms with E-state index in [2.05, 4.69) is 25.5 Å². The summed E-state index contributed by atoms with van der Waals surface area (Å²) in [5, 5.41) is 12.8. The molecule has 0 fully saturated rings. The van der Waals surface area contributed by atoms with Crippen LogP contribution in [0.2, 0.25) is 5.02 Å². The first-order chi connectivity index (χ1) is 19.0. The number of anilines is 1. The van der Waals surface area contributed by atoms with Gasteiger partial charge in [0.25, 0.3) is 5.22 Å². The number of halogens is 1. The summed E-state index contributed by atoms with van der Waals surface area (Å²) in [5.74, 6) is 0.182. The molecule has 0 aliphatic carbocycles. The molecule has 0 radical (unpaired) electrons. The first-order valence-corrected chi connectivity index (χ1v) is 13.4. The number of thioether (sulfide) groups is 1. The number of hydrogen-bond donors (Lipinski definition) is 2. The number of nitrogens with one attached hydrogen (secondary N) is 2. The minimum atomic E-state index is -0.468. The molecule has 192 valence electrons. The maximum absolute atomic E-state index is 12.9. The van der Waals surface area contributed by atoms with E-state index in [1.165, 1.54) is 11.8 Å². The summed E-state index contributed by atoms with van der Waals surface area (Å²) in [6.45, 7) is 1.79. The largest absolute Gasteiger partial charge is 0.411 e. The lowest BCUT2D eigenvalue weighted by molar-refractivity contribution is -0.115. The van der Waals surface area contributed by atoms with Gasteiger partial charge in [-0.2, -0.15) is 0 Å². The SMILES string of the molecule is CC(Sc1nnc(-c2cc(-c3ccc(Cl)cc3)nc3ccccc23)o1)C(=O)Nc1ccc(-c2cnc[nH]2)cc1. The van der Waals surface area contributed by atoms with Gasteiger partial charge in [-0.15, -0.1) is 10.2 Å². The second-order valence-corrected chi connectivity index (χ2v) is 10.5. The first-order valence-electron chi connectivity index (χ1n) is 12.1. The van der Waals surface area contributed by atoms with Crippen LogP contribution in [0.15, 0.2) is 101 Å². The molecule has 6 aromatic rings. The van der Waals surface area contributed by atoms with Gasteiger partial charge in [-0.3, -0.25) is 4.79 Å². The molecule has 1 amide bonds. The number of benzene rings is 3. The van der Waals surface area contributed by atoms with Gasteiger partial charge in [0.15, 0.2) is 0 Å². The Kier molecular flexibility index (Phi) is 6.83. The number of amides is 1. The zero-order valence-electron chi connectivity index (χ0n) is 20.6. The fraction of sp³-hybridized carbons (Fsp3) is 0.0690. The Balaban J connectivity index is 1.20. The lowest BCUT2D eigenvalue weighted by Gasteiger charge is -2.10. The standard InChI is InChI=1S/C29H21ClN6O2S/c1-17(27(37)33-21-12-8-19(9-13-21)26-15-31-16-32-26)39-29-36-35-28(38-29)23-14-25(18-6-10-20(30)11-7-18)34-24-5-3-2-4-22(23)24/h2-17H,1H3,(H,31,32)(H,33,37). The van der Waals surface area contributed by atoms with Gasteiger partial charge in [0.05, 0.1) is 40.2 Å². The lowest BCUT2D eigenvalue weighted by atomic mass is 10.0. The van der Waals surface area contributed by atoms with Crippen LogP contribution in [-0.2, 0) is 4.79 Å². The topological polar surface area (TPSA) is 110 Å². The van der Waals surface area contributed by atoms with Crippen molar-refractivity contribution in [3.8, 4) is 34.0 Å². The highest BCUT2D eigenvalue weighted by Crippen LogP contribution is 2.34. The van der Waals surface area contributed by atoms with Crippen molar-refractivity contribution in [2.45, 2.75) is 17.4 Å². The number of aromatic nitrogens is 5. The van der Waals surface area contributed by atoms with Gasteiger partial charge in [-0.1, -0.05) is 65.8 Å². The van der Waals surface area contributed by atoms with Crippen LogP contribution in [0.4, 0.5) is 5.69 Å². The molecule has 39 heavy (non-hydrogen) atoms. The smallest absolute Gasteiger partial charge is 0.277 e. The van der Waals surface area contributed by atoms with E-state index in [1.54, 1.807) is 19.4 Å². The Morgan fingerprint density at radius 3 is 2.54 bits per heavy atom. The second kappa shape index (κ2) is 10.7. The monoisotopic (exact) mass is 552 g/mol. The molecule has 3 heterocycles. The fourth-order valence-electron chi connectivity index (χ4n) is 4.08. The van der Waals surface area contributed by atoms with Crippen molar-refractivity contribution in [3.63, 3.8) is 0 Å². The Hall–Kier alpha value is -4.47. The van der Waals surface area contributed by atoms with E-state index in [1.807, 2.05) is 78.9 Å². The number of fused-ring (bicyclic) bond motifs is 1. The van der Waals surface area contributed by atoms with Crippen molar-refractivity contribution in [2.75, 3.05) is 5.32 Å². The van der Waals surface area contributed by atoms with Gasteiger partial charge in [0.1, 0.15) is 0 Å². The normalized spacial score (nSPS) is 11.9. The number of carbonyl (C=O) groups is 1. The summed E-state index contributed by atoms with van der Waals surface area (Å²) in [6, 6.07) is 24.7. The quantitative estimate of drug-likeness (QED) is 0.203. The van der Waals surface area contributed by atoms with Crippen molar-refractivity contribution in [1.82, 2.24) is 25.1 Å². The van der Waals surface area contributed by atoms with E-state index in [4.69, 9.17) is 21.0 Å². The van der Waals surface area contributed by atoms with Crippen LogP contribution >= 0.6 is 23.4 Å². The molecule has 3 aromatic carbocycles. The molecule has 6 rings (SSSR count). The van der Waals surface area contributed by atoms with E-state index < -0.39 is 5.25 Å². The third kappa shape index (κ3) is 5.41. The Morgan fingerprint density at radius 2 is 1.77 bits per heavy atom. The Labute approximate surface area is 232 Å². The van der Waals surface area contributed by atoms with E-state index in [9.17, 15) is 4.79 Å². The van der Waals surface area contributed by atoms with Gasteiger partial charge < -0.3 is 14.7 Å². The first kappa shape index (κ1) is 24.8. The highest BCUT2D eigenvalue weighted by atomic mass is 35.5. The number of rotatable bonds is 7. The molecule has 0 spiro atoms. The number of aromatic amines is 1. The van der Waals surface area contributed by atoms with Crippen LogP contribution in [0.5, 0.6) is 0 Å². The van der Waals surface area contributed by atoms with Gasteiger partial charge in [-0.25, -0.2) is 9.97 Å². The maximum atomic E-state index is 12.9. The molecule has 0 aliphatic rings. The summed E-state index contributed by atoms with van der Waals surface area (Å²) >= 11 is 7.27. The second-order valence-electron chi connectivity index (χ2n) is 8.74. The van der Waals surface area contributed by atoms with Gasteiger partial charge >= 0.3 is 0 Å². The molecule has 8 nitrogen and oxygen atoms in total. The predicted molar refractivity (Wildman–Crippen MR) is 153 cm³/mol. The van der Waals surface area contributed by atoms with E-state index >= 15 is 0 Å². The summed E-state index contributed by atoms with van der Waals surface area (Å²) in [5.41, 5.74) is 5.83. The molecule has 10 heteroatoms. The van der Waals surface area contributed by atoms with E-state index in [-0.39, 0.29) is 5.91 Å². The van der Waals surface area contributed by atoms with Crippen LogP contribution in [0.1, 0.15) is 6.92 Å². The molecule has 0 saturated carbocycles. The molecule has 1 atom stereocenters. The number of imidazole rings is 1. The number of carbonyl (C=O) groups excluding carboxylic acids is 1. The fourth-order valence-corrected chi connectivity index (χ4v) is 4.89. The highest BCUT2D eigenvalue weighted by Gasteiger charge is 2.20. The van der Waals surface area contributed by atoms with Crippen molar-refractivity contribution in [1.29, 1.82) is 0 Å². The molecular weight excluding hydrogens is 532 g/mol. The Bertz CT molecular complexity index is 1750. The molecule has 0 saturated heterocycles. The van der Waals surface area contributed by atoms with Crippen LogP contribution < -0.4 is 5.32 Å². The number of para-hydroxylation sites is 1. The predicted octanol–water partition coefficient (Wildman–Crippen LogP) is 7.11. The Morgan fingerprint density at radius 1 is 1.00 bits per heavy atom. The molecule has 0 bridgehead atoms. The highest BCUT2D eigenvalue weighted by molar-refractivity contribution is 8.00.